The van der Waals surface area contributed by atoms with Gasteiger partial charge in [-0.1, -0.05) is 12.1 Å². The summed E-state index contributed by atoms with van der Waals surface area (Å²) in [6.45, 7) is 9.36. The molecule has 1 aromatic carbocycles. The minimum absolute atomic E-state index is 0.271. The Hall–Kier alpha value is -2.62. The van der Waals surface area contributed by atoms with Crippen molar-refractivity contribution < 1.29 is 23.8 Å². The van der Waals surface area contributed by atoms with Gasteiger partial charge < -0.3 is 24.8 Å². The first kappa shape index (κ1) is 25.5. The number of esters is 1. The minimum Gasteiger partial charge on any atom is -0.497 e. The van der Waals surface area contributed by atoms with Crippen molar-refractivity contribution in [2.75, 3.05) is 66.2 Å². The molecule has 1 aromatic rings. The van der Waals surface area contributed by atoms with Crippen molar-refractivity contribution in [2.24, 2.45) is 5.92 Å². The van der Waals surface area contributed by atoms with Crippen LogP contribution in [-0.2, 0) is 14.3 Å². The molecule has 0 radical (unpaired) electrons. The Bertz CT molecular complexity index is 890. The number of urea groups is 1. The topological polar surface area (TPSA) is 92.4 Å². The van der Waals surface area contributed by atoms with Crippen LogP contribution in [0.3, 0.4) is 0 Å². The number of carbonyl (C=O) groups excluding carboxylic acids is 2. The zero-order valence-corrected chi connectivity index (χ0v) is 20.9. The molecule has 0 aliphatic carbocycles. The van der Waals surface area contributed by atoms with Crippen molar-refractivity contribution >= 4 is 12.0 Å². The van der Waals surface area contributed by atoms with E-state index in [2.05, 4.69) is 20.4 Å². The molecule has 2 N–H and O–H groups in total. The first-order valence-electron chi connectivity index (χ1n) is 12.7. The highest BCUT2D eigenvalue weighted by Gasteiger charge is 2.35. The van der Waals surface area contributed by atoms with Gasteiger partial charge in [0.15, 0.2) is 0 Å². The number of nitrogens with zero attached hydrogens (tertiary/aromatic N) is 2. The van der Waals surface area contributed by atoms with Crippen molar-refractivity contribution in [1.29, 1.82) is 0 Å². The maximum absolute atomic E-state index is 13.0. The van der Waals surface area contributed by atoms with Crippen molar-refractivity contribution in [3.05, 3.63) is 41.1 Å². The molecule has 3 heterocycles. The first-order valence-corrected chi connectivity index (χ1v) is 12.7. The van der Waals surface area contributed by atoms with Gasteiger partial charge in [-0.2, -0.15) is 0 Å². The van der Waals surface area contributed by atoms with Gasteiger partial charge in [-0.15, -0.1) is 0 Å². The van der Waals surface area contributed by atoms with E-state index < -0.39 is 12.0 Å². The monoisotopic (exact) mass is 486 g/mol. The summed E-state index contributed by atoms with van der Waals surface area (Å²) in [6, 6.07) is 6.50. The summed E-state index contributed by atoms with van der Waals surface area (Å²) < 4.78 is 16.1. The molecule has 0 spiro atoms. The van der Waals surface area contributed by atoms with E-state index in [9.17, 15) is 9.59 Å². The number of likely N-dealkylation sites (tertiary alicyclic amines) is 1. The van der Waals surface area contributed by atoms with E-state index in [1.165, 1.54) is 6.42 Å². The molecule has 2 saturated heterocycles. The third-order valence-corrected chi connectivity index (χ3v) is 7.14. The van der Waals surface area contributed by atoms with Crippen molar-refractivity contribution in [1.82, 2.24) is 20.4 Å². The average molecular weight is 487 g/mol. The number of methoxy groups -OCH3 is 1. The Kier molecular flexibility index (Phi) is 9.01. The first-order chi connectivity index (χ1) is 17.1. The number of ether oxygens (including phenoxy) is 3. The molecule has 9 heteroatoms. The molecule has 2 fully saturated rings. The number of morpholine rings is 1. The Morgan fingerprint density at radius 2 is 1.80 bits per heavy atom. The molecular formula is C26H38N4O5. The molecule has 192 valence electrons. The smallest absolute Gasteiger partial charge is 0.338 e. The molecule has 0 bridgehead atoms. The molecule has 0 saturated carbocycles. The van der Waals surface area contributed by atoms with Gasteiger partial charge in [0.05, 0.1) is 38.5 Å². The number of hydrogen-bond donors (Lipinski definition) is 2. The van der Waals surface area contributed by atoms with Crippen molar-refractivity contribution in [3.63, 3.8) is 0 Å². The van der Waals surface area contributed by atoms with E-state index in [-0.39, 0.29) is 12.6 Å². The normalized spacial score (nSPS) is 22.5. The van der Waals surface area contributed by atoms with E-state index in [0.717, 1.165) is 64.3 Å². The SMILES string of the molecule is CCOC(=O)C1=C(CN2CCC(CCN3CCOCC3)CC2)NC(=O)NC1c1ccc(OC)cc1. The van der Waals surface area contributed by atoms with E-state index in [1.807, 2.05) is 24.3 Å². The Balaban J connectivity index is 1.43. The molecule has 0 aromatic heterocycles. The summed E-state index contributed by atoms with van der Waals surface area (Å²) in [6.07, 6.45) is 3.46. The minimum atomic E-state index is -0.574. The second kappa shape index (κ2) is 12.4. The van der Waals surface area contributed by atoms with Crippen LogP contribution in [-0.4, -0.2) is 88.0 Å². The second-order valence-electron chi connectivity index (χ2n) is 9.38. The summed E-state index contributed by atoms with van der Waals surface area (Å²) >= 11 is 0. The quantitative estimate of drug-likeness (QED) is 0.518. The zero-order valence-electron chi connectivity index (χ0n) is 20.9. The average Bonchev–Trinajstić information content (AvgIpc) is 2.89. The lowest BCUT2D eigenvalue weighted by atomic mass is 9.92. The van der Waals surface area contributed by atoms with Gasteiger partial charge >= 0.3 is 12.0 Å². The Morgan fingerprint density at radius 1 is 1.09 bits per heavy atom. The van der Waals surface area contributed by atoms with Gasteiger partial charge in [0.25, 0.3) is 0 Å². The summed E-state index contributed by atoms with van der Waals surface area (Å²) in [4.78, 5) is 30.4. The molecule has 1 atom stereocenters. The second-order valence-corrected chi connectivity index (χ2v) is 9.38. The van der Waals surface area contributed by atoms with E-state index in [1.54, 1.807) is 14.0 Å². The molecule has 3 aliphatic rings. The van der Waals surface area contributed by atoms with Crippen LogP contribution in [0.15, 0.2) is 35.5 Å². The van der Waals surface area contributed by atoms with Crippen molar-refractivity contribution in [2.45, 2.75) is 32.2 Å². The zero-order chi connectivity index (χ0) is 24.6. The number of piperidine rings is 1. The third-order valence-electron chi connectivity index (χ3n) is 7.14. The lowest BCUT2D eigenvalue weighted by Gasteiger charge is -2.36. The van der Waals surface area contributed by atoms with Crippen LogP contribution < -0.4 is 15.4 Å². The molecule has 35 heavy (non-hydrogen) atoms. The van der Waals surface area contributed by atoms with E-state index in [0.29, 0.717) is 29.5 Å². The standard InChI is InChI=1S/C26H38N4O5/c1-3-35-25(31)23-22(27-26(32)28-24(23)20-4-6-21(33-2)7-5-20)18-30-12-9-19(10-13-30)8-11-29-14-16-34-17-15-29/h4-7,19,24H,3,8-18H2,1-2H3,(H2,27,28,32). The van der Waals surface area contributed by atoms with Crippen LogP contribution in [0.25, 0.3) is 0 Å². The number of rotatable bonds is 9. The van der Waals surface area contributed by atoms with Crippen LogP contribution in [0.5, 0.6) is 5.75 Å². The molecule has 1 unspecified atom stereocenters. The van der Waals surface area contributed by atoms with Gasteiger partial charge in [0.2, 0.25) is 0 Å². The highest BCUT2D eigenvalue weighted by atomic mass is 16.5. The lowest BCUT2D eigenvalue weighted by molar-refractivity contribution is -0.139. The summed E-state index contributed by atoms with van der Waals surface area (Å²) in [5.41, 5.74) is 1.90. The fourth-order valence-electron chi connectivity index (χ4n) is 5.09. The molecule has 3 aliphatic heterocycles. The van der Waals surface area contributed by atoms with Crippen LogP contribution >= 0.6 is 0 Å². The third kappa shape index (κ3) is 6.74. The lowest BCUT2D eigenvalue weighted by Crippen LogP contribution is -2.49. The highest BCUT2D eigenvalue weighted by molar-refractivity contribution is 5.95. The fourth-order valence-corrected chi connectivity index (χ4v) is 5.09. The van der Waals surface area contributed by atoms with Gasteiger partial charge in [0, 0.05) is 25.3 Å². The number of carbonyl (C=O) groups is 2. The van der Waals surface area contributed by atoms with E-state index in [4.69, 9.17) is 14.2 Å². The Labute approximate surface area is 207 Å². The number of amides is 2. The molecule has 9 nitrogen and oxygen atoms in total. The van der Waals surface area contributed by atoms with Crippen LogP contribution in [0.1, 0.15) is 37.8 Å². The van der Waals surface area contributed by atoms with Gasteiger partial charge in [-0.3, -0.25) is 9.80 Å². The van der Waals surface area contributed by atoms with Crippen molar-refractivity contribution in [3.8, 4) is 5.75 Å². The van der Waals surface area contributed by atoms with Gasteiger partial charge in [-0.25, -0.2) is 9.59 Å². The molecule has 4 rings (SSSR count). The summed E-state index contributed by atoms with van der Waals surface area (Å²) in [5, 5.41) is 5.80. The number of nitrogens with one attached hydrogen (secondary N) is 2. The Morgan fingerprint density at radius 3 is 2.46 bits per heavy atom. The maximum atomic E-state index is 13.0. The predicted molar refractivity (Wildman–Crippen MR) is 132 cm³/mol. The summed E-state index contributed by atoms with van der Waals surface area (Å²) in [7, 11) is 1.61. The largest absolute Gasteiger partial charge is 0.497 e. The number of benzene rings is 1. The maximum Gasteiger partial charge on any atom is 0.338 e. The number of hydrogen-bond acceptors (Lipinski definition) is 7. The molecular weight excluding hydrogens is 448 g/mol. The van der Waals surface area contributed by atoms with Gasteiger partial charge in [0.1, 0.15) is 5.75 Å². The highest BCUT2D eigenvalue weighted by Crippen LogP contribution is 2.30. The summed E-state index contributed by atoms with van der Waals surface area (Å²) in [5.74, 6) is 1.02. The van der Waals surface area contributed by atoms with Crippen LogP contribution in [0.2, 0.25) is 0 Å². The fraction of sp³-hybridized carbons (Fsp3) is 0.615. The predicted octanol–water partition coefficient (Wildman–Crippen LogP) is 2.30. The van der Waals surface area contributed by atoms with E-state index >= 15 is 0 Å². The van der Waals surface area contributed by atoms with Crippen LogP contribution in [0.4, 0.5) is 4.79 Å². The van der Waals surface area contributed by atoms with Crippen LogP contribution in [0, 0.1) is 5.92 Å². The molecule has 2 amide bonds. The van der Waals surface area contributed by atoms with Gasteiger partial charge in [-0.05, 0) is 69.4 Å².